The van der Waals surface area contributed by atoms with Gasteiger partial charge in [0.05, 0.1) is 51.0 Å². The summed E-state index contributed by atoms with van der Waals surface area (Å²) in [4.78, 5) is 13.2. The molecule has 2 saturated heterocycles. The highest BCUT2D eigenvalue weighted by atomic mass is 19.1. The van der Waals surface area contributed by atoms with E-state index in [9.17, 15) is 13.2 Å². The van der Waals surface area contributed by atoms with Crippen LogP contribution in [0.1, 0.15) is 29.3 Å². The van der Waals surface area contributed by atoms with Gasteiger partial charge in [-0.2, -0.15) is 5.10 Å². The summed E-state index contributed by atoms with van der Waals surface area (Å²) >= 11 is 0. The Balaban J connectivity index is 1.29. The van der Waals surface area contributed by atoms with Gasteiger partial charge >= 0.3 is 0 Å². The minimum Gasteiger partial charge on any atom is -0.494 e. The molecule has 0 radical (unpaired) electrons. The first kappa shape index (κ1) is 25.2. The van der Waals surface area contributed by atoms with Gasteiger partial charge < -0.3 is 19.3 Å². The molecule has 0 bridgehead atoms. The summed E-state index contributed by atoms with van der Waals surface area (Å²) in [5.41, 5.74) is 2.97. The van der Waals surface area contributed by atoms with Gasteiger partial charge in [-0.25, -0.2) is 22.7 Å². The number of hydrogen-bond acceptors (Lipinski definition) is 7. The van der Waals surface area contributed by atoms with Crippen molar-refractivity contribution in [3.05, 3.63) is 77.4 Å². The molecular formula is C28H27F3N6O2. The molecule has 0 amide bonds. The van der Waals surface area contributed by atoms with Crippen LogP contribution in [-0.4, -0.2) is 65.7 Å². The van der Waals surface area contributed by atoms with Crippen molar-refractivity contribution in [3.63, 3.8) is 0 Å². The summed E-state index contributed by atoms with van der Waals surface area (Å²) in [6, 6.07) is 6.23. The maximum Gasteiger partial charge on any atom is 0.164 e. The number of anilines is 2. The molecule has 2 fully saturated rings. The van der Waals surface area contributed by atoms with Gasteiger partial charge in [-0.1, -0.05) is 0 Å². The average molecular weight is 537 g/mol. The Bertz CT molecular complexity index is 1520. The molecule has 0 N–H and O–H groups in total. The minimum absolute atomic E-state index is 0.0275. The molecule has 8 nitrogen and oxygen atoms in total. The number of aromatic nitrogens is 4. The Kier molecular flexibility index (Phi) is 6.82. The molecule has 3 aromatic heterocycles. The highest BCUT2D eigenvalue weighted by Gasteiger charge is 2.36. The van der Waals surface area contributed by atoms with Gasteiger partial charge in [-0.05, 0) is 36.4 Å². The zero-order valence-corrected chi connectivity index (χ0v) is 21.3. The van der Waals surface area contributed by atoms with E-state index in [2.05, 4.69) is 15.0 Å². The van der Waals surface area contributed by atoms with Crippen molar-refractivity contribution in [1.82, 2.24) is 19.6 Å². The van der Waals surface area contributed by atoms with Gasteiger partial charge in [0.15, 0.2) is 5.65 Å². The molecule has 39 heavy (non-hydrogen) atoms. The van der Waals surface area contributed by atoms with E-state index in [0.717, 1.165) is 37.0 Å². The van der Waals surface area contributed by atoms with Crippen LogP contribution in [0.4, 0.5) is 24.7 Å². The number of rotatable bonds is 6. The van der Waals surface area contributed by atoms with E-state index in [1.165, 1.54) is 0 Å². The van der Waals surface area contributed by atoms with Crippen LogP contribution >= 0.6 is 0 Å². The third-order valence-corrected chi connectivity index (χ3v) is 7.13. The van der Waals surface area contributed by atoms with Gasteiger partial charge in [0.25, 0.3) is 0 Å². The van der Waals surface area contributed by atoms with E-state index < -0.39 is 23.8 Å². The van der Waals surface area contributed by atoms with Gasteiger partial charge in [0, 0.05) is 42.9 Å². The van der Waals surface area contributed by atoms with Crippen molar-refractivity contribution < 1.29 is 22.6 Å². The quantitative estimate of drug-likeness (QED) is 0.354. The molecule has 6 rings (SSSR count). The lowest BCUT2D eigenvalue weighted by molar-refractivity contribution is 0.122. The van der Waals surface area contributed by atoms with E-state index in [1.807, 2.05) is 24.4 Å². The fourth-order valence-corrected chi connectivity index (χ4v) is 5.15. The molecule has 0 saturated carbocycles. The predicted octanol–water partition coefficient (Wildman–Crippen LogP) is 4.71. The molecule has 4 aromatic rings. The Labute approximate surface area is 223 Å². The molecule has 2 aliphatic rings. The Morgan fingerprint density at radius 3 is 2.74 bits per heavy atom. The van der Waals surface area contributed by atoms with Crippen molar-refractivity contribution in [3.8, 4) is 5.75 Å². The number of pyridine rings is 1. The molecule has 5 heterocycles. The van der Waals surface area contributed by atoms with Crippen LogP contribution in [0.5, 0.6) is 5.75 Å². The van der Waals surface area contributed by atoms with E-state index in [-0.39, 0.29) is 18.5 Å². The molecule has 2 aliphatic heterocycles. The number of morpholine rings is 1. The fourth-order valence-electron chi connectivity index (χ4n) is 5.15. The van der Waals surface area contributed by atoms with Crippen LogP contribution in [0.15, 0.2) is 48.9 Å². The van der Waals surface area contributed by atoms with Crippen molar-refractivity contribution in [2.24, 2.45) is 0 Å². The van der Waals surface area contributed by atoms with Crippen LogP contribution in [0.25, 0.3) is 17.8 Å². The van der Waals surface area contributed by atoms with Crippen molar-refractivity contribution in [2.45, 2.75) is 18.6 Å². The van der Waals surface area contributed by atoms with Crippen LogP contribution in [-0.2, 0) is 4.74 Å². The summed E-state index contributed by atoms with van der Waals surface area (Å²) < 4.78 is 55.7. The van der Waals surface area contributed by atoms with Crippen molar-refractivity contribution in [1.29, 1.82) is 0 Å². The third kappa shape index (κ3) is 5.01. The summed E-state index contributed by atoms with van der Waals surface area (Å²) in [7, 11) is 1.60. The highest BCUT2D eigenvalue weighted by molar-refractivity contribution is 5.77. The zero-order chi connectivity index (χ0) is 26.9. The maximum absolute atomic E-state index is 14.6. The third-order valence-electron chi connectivity index (χ3n) is 7.13. The van der Waals surface area contributed by atoms with Gasteiger partial charge in [0.2, 0.25) is 0 Å². The first-order chi connectivity index (χ1) is 19.0. The largest absolute Gasteiger partial charge is 0.494 e. The number of halogens is 3. The van der Waals surface area contributed by atoms with E-state index in [4.69, 9.17) is 14.5 Å². The lowest BCUT2D eigenvalue weighted by Gasteiger charge is -2.28. The summed E-state index contributed by atoms with van der Waals surface area (Å²) in [5, 5.41) is 4.36. The van der Waals surface area contributed by atoms with Crippen LogP contribution in [0, 0.1) is 11.6 Å². The first-order valence-electron chi connectivity index (χ1n) is 12.7. The van der Waals surface area contributed by atoms with Gasteiger partial charge in [-0.3, -0.25) is 4.98 Å². The number of nitrogens with zero attached hydrogens (tertiary/aromatic N) is 6. The Morgan fingerprint density at radius 1 is 1.08 bits per heavy atom. The topological polar surface area (TPSA) is 68.0 Å². The van der Waals surface area contributed by atoms with E-state index in [1.54, 1.807) is 35.0 Å². The normalized spacial score (nSPS) is 19.9. The average Bonchev–Trinajstić information content (AvgIpc) is 3.56. The second-order valence-corrected chi connectivity index (χ2v) is 9.53. The summed E-state index contributed by atoms with van der Waals surface area (Å²) in [6.45, 7) is 2.97. The molecule has 1 aromatic carbocycles. The van der Waals surface area contributed by atoms with Gasteiger partial charge in [0.1, 0.15) is 35.1 Å². The number of hydrogen-bond donors (Lipinski definition) is 0. The summed E-state index contributed by atoms with van der Waals surface area (Å²) in [5.74, 6) is -0.0543. The molecule has 11 heteroatoms. The molecular weight excluding hydrogens is 509 g/mol. The second kappa shape index (κ2) is 10.6. The maximum atomic E-state index is 14.6. The lowest BCUT2D eigenvalue weighted by Crippen LogP contribution is -2.36. The van der Waals surface area contributed by atoms with Crippen LogP contribution < -0.4 is 14.5 Å². The predicted molar refractivity (Wildman–Crippen MR) is 142 cm³/mol. The van der Waals surface area contributed by atoms with Crippen molar-refractivity contribution >= 4 is 29.3 Å². The first-order valence-corrected chi connectivity index (χ1v) is 12.7. The summed E-state index contributed by atoms with van der Waals surface area (Å²) in [6.07, 6.45) is 7.71. The number of alkyl halides is 1. The minimum atomic E-state index is -1.20. The molecule has 202 valence electrons. The molecule has 0 unspecified atom stereocenters. The van der Waals surface area contributed by atoms with E-state index in [0.29, 0.717) is 41.7 Å². The number of methoxy groups -OCH3 is 1. The number of fused-ring (bicyclic) bond motifs is 1. The number of benzene rings is 1. The lowest BCUT2D eigenvalue weighted by atomic mass is 10.0. The Hall–Kier alpha value is -4.12. The smallest absolute Gasteiger partial charge is 0.164 e. The fraction of sp³-hybridized carbons (Fsp3) is 0.321. The Morgan fingerprint density at radius 2 is 1.92 bits per heavy atom. The molecule has 0 aliphatic carbocycles. The number of ether oxygens (including phenoxy) is 2. The van der Waals surface area contributed by atoms with Crippen molar-refractivity contribution in [2.75, 3.05) is 49.8 Å². The standard InChI is InChI=1S/C28H27F3N6O2/c1-38-26-14-21(35-8-10-39-11-9-35)16-32-24(26)5-2-18-15-33-37-7-6-27(34-28(18)37)36-17-20(30)13-25(36)22-12-19(29)3-4-23(22)31/h2-7,12,14-16,20,25H,8-11,13,17H2,1H3/b5-2+/t20-,25+/m0/s1. The molecule has 0 spiro atoms. The highest BCUT2D eigenvalue weighted by Crippen LogP contribution is 2.38. The van der Waals surface area contributed by atoms with E-state index >= 15 is 0 Å². The van der Waals surface area contributed by atoms with Crippen LogP contribution in [0.3, 0.4) is 0 Å². The zero-order valence-electron chi connectivity index (χ0n) is 21.3. The van der Waals surface area contributed by atoms with Gasteiger partial charge in [-0.15, -0.1) is 0 Å². The monoisotopic (exact) mass is 536 g/mol. The SMILES string of the molecule is COc1cc(N2CCOCC2)cnc1/C=C/c1cnn2ccc(N3C[C@@H](F)C[C@@H]3c3cc(F)ccc3F)nc12. The van der Waals surface area contributed by atoms with Crippen LogP contribution in [0.2, 0.25) is 0 Å². The second-order valence-electron chi connectivity index (χ2n) is 9.53. The molecule has 2 atom stereocenters.